The molecular weight excluding hydrogens is 432 g/mol. The van der Waals surface area contributed by atoms with E-state index in [1.807, 2.05) is 26.0 Å². The Morgan fingerprint density at radius 3 is 2.91 bits per heavy atom. The first-order valence-electron chi connectivity index (χ1n) is 11.5. The highest BCUT2D eigenvalue weighted by Crippen LogP contribution is 2.48. The zero-order valence-electron chi connectivity index (χ0n) is 19.2. The van der Waals surface area contributed by atoms with Crippen LogP contribution in [-0.4, -0.2) is 51.9 Å². The molecule has 0 radical (unpaired) electrons. The summed E-state index contributed by atoms with van der Waals surface area (Å²) in [5.74, 6) is 1.44. The zero-order chi connectivity index (χ0) is 23.9. The molecular formula is C26H26N4O4. The summed E-state index contributed by atoms with van der Waals surface area (Å²) in [6, 6.07) is 13.4. The van der Waals surface area contributed by atoms with Gasteiger partial charge in [-0.05, 0) is 56.0 Å². The van der Waals surface area contributed by atoms with E-state index < -0.39 is 0 Å². The predicted molar refractivity (Wildman–Crippen MR) is 124 cm³/mol. The lowest BCUT2D eigenvalue weighted by Gasteiger charge is -2.24. The first-order valence-corrected chi connectivity index (χ1v) is 11.5. The van der Waals surface area contributed by atoms with Crippen molar-refractivity contribution in [2.24, 2.45) is 0 Å². The van der Waals surface area contributed by atoms with Crippen molar-refractivity contribution >= 4 is 5.91 Å². The van der Waals surface area contributed by atoms with Crippen molar-refractivity contribution in [3.63, 3.8) is 0 Å². The molecule has 1 aliphatic carbocycles. The monoisotopic (exact) mass is 458 g/mol. The summed E-state index contributed by atoms with van der Waals surface area (Å²) in [4.78, 5) is 18.9. The van der Waals surface area contributed by atoms with E-state index in [4.69, 9.17) is 9.26 Å². The fraction of sp³-hybridized carbons (Fsp3) is 0.385. The number of β-amino-alcohol motifs (C(OH)–C–C–N with tert-alkyl or cyclic N) is 1. The van der Waals surface area contributed by atoms with Crippen LogP contribution in [0.4, 0.5) is 0 Å². The second-order valence-electron chi connectivity index (χ2n) is 9.24. The number of carbonyl (C=O) groups is 1. The van der Waals surface area contributed by atoms with Crippen LogP contribution in [0.3, 0.4) is 0 Å². The average Bonchev–Trinajstić information content (AvgIpc) is 3.52. The summed E-state index contributed by atoms with van der Waals surface area (Å²) in [5.41, 5.74) is 3.90. The van der Waals surface area contributed by atoms with Crippen LogP contribution in [-0.2, 0) is 16.6 Å². The van der Waals surface area contributed by atoms with Crippen molar-refractivity contribution in [1.82, 2.24) is 15.0 Å². The summed E-state index contributed by atoms with van der Waals surface area (Å²) in [6.45, 7) is 4.81. The normalized spacial score (nSPS) is 19.1. The maximum Gasteiger partial charge on any atom is 0.259 e. The first-order chi connectivity index (χ1) is 16.4. The van der Waals surface area contributed by atoms with E-state index in [0.29, 0.717) is 42.2 Å². The molecule has 174 valence electrons. The van der Waals surface area contributed by atoms with Crippen molar-refractivity contribution in [2.45, 2.75) is 44.6 Å². The largest absolute Gasteiger partial charge is 0.491 e. The van der Waals surface area contributed by atoms with E-state index in [9.17, 15) is 15.2 Å². The van der Waals surface area contributed by atoms with Gasteiger partial charge in [0.15, 0.2) is 0 Å². The minimum Gasteiger partial charge on any atom is -0.491 e. The number of aliphatic hydroxyl groups excluding tert-OH is 1. The van der Waals surface area contributed by atoms with Gasteiger partial charge in [0.1, 0.15) is 11.8 Å². The fourth-order valence-corrected chi connectivity index (χ4v) is 5.23. The van der Waals surface area contributed by atoms with Gasteiger partial charge in [0, 0.05) is 30.5 Å². The molecule has 1 aromatic heterocycles. The molecule has 1 spiro atoms. The Kier molecular flexibility index (Phi) is 5.58. The third kappa shape index (κ3) is 3.72. The number of aliphatic hydroxyl groups is 1. The number of aromatic nitrogens is 2. The third-order valence-corrected chi connectivity index (χ3v) is 6.69. The molecule has 2 aromatic carbocycles. The number of nitrogens with zero attached hydrogens (tertiary/aromatic N) is 4. The number of hydrogen-bond acceptors (Lipinski definition) is 7. The first kappa shape index (κ1) is 22.1. The maximum atomic E-state index is 12.5. The van der Waals surface area contributed by atoms with Gasteiger partial charge < -0.3 is 19.3 Å². The molecule has 2 heterocycles. The van der Waals surface area contributed by atoms with Crippen LogP contribution in [0.25, 0.3) is 22.8 Å². The predicted octanol–water partition coefficient (Wildman–Crippen LogP) is 3.47. The van der Waals surface area contributed by atoms with Crippen molar-refractivity contribution in [3.8, 4) is 34.7 Å². The van der Waals surface area contributed by atoms with E-state index in [-0.39, 0.29) is 29.9 Å². The summed E-state index contributed by atoms with van der Waals surface area (Å²) < 4.78 is 11.3. The van der Waals surface area contributed by atoms with Crippen molar-refractivity contribution in [1.29, 1.82) is 5.26 Å². The molecule has 1 fully saturated rings. The van der Waals surface area contributed by atoms with Crippen LogP contribution >= 0.6 is 0 Å². The minimum atomic E-state index is -0.232. The molecule has 5 rings (SSSR count). The van der Waals surface area contributed by atoms with Crippen molar-refractivity contribution < 1.29 is 19.2 Å². The quantitative estimate of drug-likeness (QED) is 0.602. The van der Waals surface area contributed by atoms with Gasteiger partial charge in [-0.15, -0.1) is 0 Å². The smallest absolute Gasteiger partial charge is 0.259 e. The molecule has 34 heavy (non-hydrogen) atoms. The lowest BCUT2D eigenvalue weighted by molar-refractivity contribution is -0.128. The average molecular weight is 459 g/mol. The molecule has 8 nitrogen and oxygen atoms in total. The summed E-state index contributed by atoms with van der Waals surface area (Å²) in [6.07, 6.45) is 2.15. The third-order valence-electron chi connectivity index (χ3n) is 6.69. The Labute approximate surface area is 197 Å². The Balaban J connectivity index is 1.48. The van der Waals surface area contributed by atoms with Gasteiger partial charge in [0.25, 0.3) is 5.89 Å². The van der Waals surface area contributed by atoms with Gasteiger partial charge in [-0.1, -0.05) is 23.4 Å². The molecule has 1 amide bonds. The molecule has 3 aromatic rings. The molecule has 1 atom stereocenters. The maximum absolute atomic E-state index is 12.5. The number of fused-ring (bicyclic) bond motifs is 2. The van der Waals surface area contributed by atoms with Crippen LogP contribution in [0.5, 0.6) is 5.75 Å². The number of rotatable bonds is 6. The van der Waals surface area contributed by atoms with Crippen molar-refractivity contribution in [3.05, 3.63) is 53.1 Å². The number of benzene rings is 2. The molecule has 1 aliphatic heterocycles. The molecule has 0 bridgehead atoms. The molecule has 8 heteroatoms. The zero-order valence-corrected chi connectivity index (χ0v) is 19.2. The Bertz CT molecular complexity index is 1290. The molecule has 0 saturated carbocycles. The fourth-order valence-electron chi connectivity index (χ4n) is 5.23. The number of likely N-dealkylation sites (tertiary alicyclic amines) is 1. The Morgan fingerprint density at radius 2 is 2.15 bits per heavy atom. The second-order valence-corrected chi connectivity index (χ2v) is 9.24. The highest BCUT2D eigenvalue weighted by Gasteiger charge is 2.48. The lowest BCUT2D eigenvalue weighted by Crippen LogP contribution is -2.32. The molecule has 1 saturated heterocycles. The van der Waals surface area contributed by atoms with Crippen LogP contribution in [0.1, 0.15) is 43.4 Å². The van der Waals surface area contributed by atoms with E-state index in [0.717, 1.165) is 29.5 Å². The highest BCUT2D eigenvalue weighted by atomic mass is 16.5. The van der Waals surface area contributed by atoms with Gasteiger partial charge in [-0.25, -0.2) is 0 Å². The summed E-state index contributed by atoms with van der Waals surface area (Å²) in [5, 5.41) is 23.2. The van der Waals surface area contributed by atoms with Gasteiger partial charge in [-0.3, -0.25) is 4.79 Å². The van der Waals surface area contributed by atoms with Gasteiger partial charge in [-0.2, -0.15) is 10.2 Å². The number of hydrogen-bond donors (Lipinski definition) is 1. The summed E-state index contributed by atoms with van der Waals surface area (Å²) >= 11 is 0. The highest BCUT2D eigenvalue weighted by molar-refractivity contribution is 5.82. The number of nitriles is 1. The van der Waals surface area contributed by atoms with Crippen LogP contribution in [0.15, 0.2) is 40.9 Å². The van der Waals surface area contributed by atoms with Gasteiger partial charge in [0.2, 0.25) is 11.7 Å². The molecule has 1 N–H and O–H groups in total. The van der Waals surface area contributed by atoms with Crippen LogP contribution in [0, 0.1) is 11.3 Å². The standard InChI is InChI=1S/C26H26N4O4/c1-16(2)33-18-6-7-19(17(12-18)14-27)25-28-24(29-34-25)21-4-3-5-22-20(21)8-9-26(22)13-23(32)30(15-26)10-11-31/h3-7,12,16,31H,8-11,13,15H2,1-2H3. The Morgan fingerprint density at radius 1 is 1.29 bits per heavy atom. The van der Waals surface area contributed by atoms with Crippen molar-refractivity contribution in [2.75, 3.05) is 19.7 Å². The van der Waals surface area contributed by atoms with Gasteiger partial charge in [0.05, 0.1) is 23.8 Å². The van der Waals surface area contributed by atoms with Gasteiger partial charge >= 0.3 is 0 Å². The molecule has 1 unspecified atom stereocenters. The summed E-state index contributed by atoms with van der Waals surface area (Å²) in [7, 11) is 0. The second kappa shape index (κ2) is 8.58. The molecule has 2 aliphatic rings. The van der Waals surface area contributed by atoms with E-state index >= 15 is 0 Å². The van der Waals surface area contributed by atoms with E-state index in [2.05, 4.69) is 22.3 Å². The number of carbonyl (C=O) groups excluding carboxylic acids is 1. The minimum absolute atomic E-state index is 0.00162. The lowest BCUT2D eigenvalue weighted by atomic mass is 9.80. The van der Waals surface area contributed by atoms with Crippen LogP contribution in [0.2, 0.25) is 0 Å². The van der Waals surface area contributed by atoms with E-state index in [1.165, 1.54) is 0 Å². The van der Waals surface area contributed by atoms with E-state index in [1.54, 1.807) is 23.1 Å². The number of ether oxygens (including phenoxy) is 1. The SMILES string of the molecule is CC(C)Oc1ccc(-c2nc(-c3cccc4c3CCC43CC(=O)N(CCO)C3)no2)c(C#N)c1. The number of amides is 1. The van der Waals surface area contributed by atoms with Crippen LogP contribution < -0.4 is 4.74 Å². The topological polar surface area (TPSA) is 112 Å². The Hall–Kier alpha value is -3.70.